The average molecular weight is 430 g/mol. The molecule has 2 heterocycles. The summed E-state index contributed by atoms with van der Waals surface area (Å²) in [4.78, 5) is 41.4. The molecule has 3 rings (SSSR count). The van der Waals surface area contributed by atoms with Crippen molar-refractivity contribution in [3.8, 4) is 0 Å². The normalized spacial score (nSPS) is 21.9. The van der Waals surface area contributed by atoms with Gasteiger partial charge in [-0.2, -0.15) is 0 Å². The first-order valence-corrected chi connectivity index (χ1v) is 11.2. The van der Waals surface area contributed by atoms with Crippen LogP contribution in [0.5, 0.6) is 0 Å². The summed E-state index contributed by atoms with van der Waals surface area (Å²) in [5.41, 5.74) is 1.66. The second-order valence-electron chi connectivity index (χ2n) is 9.74. The zero-order valence-electron chi connectivity index (χ0n) is 19.1. The van der Waals surface area contributed by atoms with Gasteiger partial charge in [0.25, 0.3) is 0 Å². The SMILES string of the molecule is Cc1cccc(CN2C(=O)CC[C@H]2C(=O)N2CCC[C@H](CNC(=O)OC(C)(C)C)C2)c1. The van der Waals surface area contributed by atoms with Crippen LogP contribution in [0.15, 0.2) is 24.3 Å². The van der Waals surface area contributed by atoms with Crippen molar-refractivity contribution in [2.24, 2.45) is 5.92 Å². The van der Waals surface area contributed by atoms with E-state index in [0.717, 1.165) is 24.0 Å². The van der Waals surface area contributed by atoms with Gasteiger partial charge < -0.3 is 19.9 Å². The minimum Gasteiger partial charge on any atom is -0.444 e. The third-order valence-electron chi connectivity index (χ3n) is 5.81. The first-order valence-electron chi connectivity index (χ1n) is 11.2. The molecule has 1 aromatic rings. The molecule has 2 aliphatic rings. The van der Waals surface area contributed by atoms with E-state index in [1.807, 2.05) is 50.8 Å². The van der Waals surface area contributed by atoms with E-state index in [1.165, 1.54) is 0 Å². The fourth-order valence-corrected chi connectivity index (χ4v) is 4.38. The van der Waals surface area contributed by atoms with E-state index in [0.29, 0.717) is 39.0 Å². The predicted octanol–water partition coefficient (Wildman–Crippen LogP) is 3.25. The molecule has 1 N–H and O–H groups in total. The first-order chi connectivity index (χ1) is 14.6. The summed E-state index contributed by atoms with van der Waals surface area (Å²) in [5, 5.41) is 2.83. The van der Waals surface area contributed by atoms with Crippen LogP contribution < -0.4 is 5.32 Å². The summed E-state index contributed by atoms with van der Waals surface area (Å²) < 4.78 is 5.30. The third kappa shape index (κ3) is 6.45. The van der Waals surface area contributed by atoms with Crippen molar-refractivity contribution >= 4 is 17.9 Å². The number of alkyl carbamates (subject to hydrolysis) is 1. The summed E-state index contributed by atoms with van der Waals surface area (Å²) in [6.07, 6.45) is 2.41. The van der Waals surface area contributed by atoms with Crippen molar-refractivity contribution in [3.63, 3.8) is 0 Å². The Kier molecular flexibility index (Phi) is 7.23. The standard InChI is InChI=1S/C24H35N3O4/c1-17-7-5-8-18(13-17)16-27-20(10-11-21(27)28)22(29)26-12-6-9-19(15-26)14-25-23(30)31-24(2,3)4/h5,7-8,13,19-20H,6,9-12,14-16H2,1-4H3,(H,25,30)/t19-,20+/m1/s1. The number of hydrogen-bond donors (Lipinski definition) is 1. The Hall–Kier alpha value is -2.57. The van der Waals surface area contributed by atoms with Crippen molar-refractivity contribution in [1.29, 1.82) is 0 Å². The highest BCUT2D eigenvalue weighted by Crippen LogP contribution is 2.26. The highest BCUT2D eigenvalue weighted by Gasteiger charge is 2.39. The maximum absolute atomic E-state index is 13.3. The molecule has 7 nitrogen and oxygen atoms in total. The molecular formula is C24H35N3O4. The number of amides is 3. The number of ether oxygens (including phenoxy) is 1. The molecule has 0 saturated carbocycles. The van der Waals surface area contributed by atoms with Crippen LogP contribution in [0.25, 0.3) is 0 Å². The zero-order chi connectivity index (χ0) is 22.6. The van der Waals surface area contributed by atoms with Gasteiger partial charge in [0.2, 0.25) is 11.8 Å². The summed E-state index contributed by atoms with van der Waals surface area (Å²) >= 11 is 0. The molecule has 0 spiro atoms. The minimum atomic E-state index is -0.533. The predicted molar refractivity (Wildman–Crippen MR) is 118 cm³/mol. The summed E-state index contributed by atoms with van der Waals surface area (Å²) in [7, 11) is 0. The Balaban J connectivity index is 1.57. The minimum absolute atomic E-state index is 0.0282. The molecule has 2 saturated heterocycles. The van der Waals surface area contributed by atoms with E-state index in [-0.39, 0.29) is 17.7 Å². The molecule has 0 radical (unpaired) electrons. The van der Waals surface area contributed by atoms with Gasteiger partial charge in [-0.25, -0.2) is 4.79 Å². The van der Waals surface area contributed by atoms with Crippen molar-refractivity contribution in [2.75, 3.05) is 19.6 Å². The van der Waals surface area contributed by atoms with Crippen molar-refractivity contribution < 1.29 is 19.1 Å². The van der Waals surface area contributed by atoms with E-state index in [4.69, 9.17) is 4.74 Å². The number of likely N-dealkylation sites (tertiary alicyclic amines) is 2. The highest BCUT2D eigenvalue weighted by molar-refractivity contribution is 5.91. The van der Waals surface area contributed by atoms with Crippen molar-refractivity contribution in [3.05, 3.63) is 35.4 Å². The van der Waals surface area contributed by atoms with Crippen LogP contribution in [0.3, 0.4) is 0 Å². The van der Waals surface area contributed by atoms with Crippen molar-refractivity contribution in [1.82, 2.24) is 15.1 Å². The number of piperidine rings is 1. The maximum Gasteiger partial charge on any atom is 0.407 e. The van der Waals surface area contributed by atoms with Gasteiger partial charge in [-0.3, -0.25) is 9.59 Å². The number of hydrogen-bond acceptors (Lipinski definition) is 4. The van der Waals surface area contributed by atoms with E-state index < -0.39 is 17.7 Å². The average Bonchev–Trinajstić information content (AvgIpc) is 3.05. The van der Waals surface area contributed by atoms with Crippen LogP contribution >= 0.6 is 0 Å². The van der Waals surface area contributed by atoms with Crippen LogP contribution in [0.1, 0.15) is 57.6 Å². The van der Waals surface area contributed by atoms with Crippen LogP contribution in [0.4, 0.5) is 4.79 Å². The molecule has 0 bridgehead atoms. The molecule has 3 amide bonds. The zero-order valence-corrected chi connectivity index (χ0v) is 19.1. The maximum atomic E-state index is 13.3. The number of nitrogens with zero attached hydrogens (tertiary/aromatic N) is 2. The lowest BCUT2D eigenvalue weighted by Gasteiger charge is -2.36. The van der Waals surface area contributed by atoms with Crippen LogP contribution in [-0.2, 0) is 20.9 Å². The molecule has 0 unspecified atom stereocenters. The number of rotatable bonds is 5. The highest BCUT2D eigenvalue weighted by atomic mass is 16.6. The lowest BCUT2D eigenvalue weighted by molar-refractivity contribution is -0.143. The van der Waals surface area contributed by atoms with Gasteiger partial charge in [0.15, 0.2) is 0 Å². The van der Waals surface area contributed by atoms with E-state index in [2.05, 4.69) is 11.4 Å². The van der Waals surface area contributed by atoms with E-state index >= 15 is 0 Å². The third-order valence-corrected chi connectivity index (χ3v) is 5.81. The molecule has 0 aliphatic carbocycles. The second-order valence-corrected chi connectivity index (χ2v) is 9.74. The first kappa shape index (κ1) is 23.1. The fraction of sp³-hybridized carbons (Fsp3) is 0.625. The van der Waals surface area contributed by atoms with Gasteiger partial charge in [-0.15, -0.1) is 0 Å². The van der Waals surface area contributed by atoms with Gasteiger partial charge in [-0.1, -0.05) is 29.8 Å². The molecule has 0 aromatic heterocycles. The molecule has 7 heteroatoms. The summed E-state index contributed by atoms with van der Waals surface area (Å²) in [6, 6.07) is 7.67. The Morgan fingerprint density at radius 3 is 2.71 bits per heavy atom. The molecule has 170 valence electrons. The van der Waals surface area contributed by atoms with Gasteiger partial charge >= 0.3 is 6.09 Å². The van der Waals surface area contributed by atoms with Crippen molar-refractivity contribution in [2.45, 2.75) is 71.6 Å². The largest absolute Gasteiger partial charge is 0.444 e. The Labute approximate surface area is 185 Å². The Morgan fingerprint density at radius 1 is 1.23 bits per heavy atom. The smallest absolute Gasteiger partial charge is 0.407 e. The lowest BCUT2D eigenvalue weighted by atomic mass is 9.97. The molecule has 31 heavy (non-hydrogen) atoms. The van der Waals surface area contributed by atoms with Gasteiger partial charge in [0.1, 0.15) is 11.6 Å². The Bertz CT molecular complexity index is 817. The molecule has 1 aromatic carbocycles. The molecule has 2 aliphatic heterocycles. The van der Waals surface area contributed by atoms with Crippen LogP contribution in [0.2, 0.25) is 0 Å². The summed E-state index contributed by atoms with van der Waals surface area (Å²) in [6.45, 7) is 9.76. The van der Waals surface area contributed by atoms with Gasteiger partial charge in [-0.05, 0) is 58.4 Å². The van der Waals surface area contributed by atoms with E-state index in [9.17, 15) is 14.4 Å². The Morgan fingerprint density at radius 2 is 2.00 bits per heavy atom. The summed E-state index contributed by atoms with van der Waals surface area (Å²) in [5.74, 6) is 0.257. The number of carbonyl (C=O) groups is 3. The number of carbonyl (C=O) groups excluding carboxylic acids is 3. The van der Waals surface area contributed by atoms with E-state index in [1.54, 1.807) is 4.90 Å². The number of nitrogens with one attached hydrogen (secondary N) is 1. The molecular weight excluding hydrogens is 394 g/mol. The monoisotopic (exact) mass is 429 g/mol. The fourth-order valence-electron chi connectivity index (χ4n) is 4.38. The van der Waals surface area contributed by atoms with Crippen LogP contribution in [0, 0.1) is 12.8 Å². The van der Waals surface area contributed by atoms with Crippen LogP contribution in [-0.4, -0.2) is 59.0 Å². The van der Waals surface area contributed by atoms with Gasteiger partial charge in [0, 0.05) is 32.6 Å². The number of aryl methyl sites for hydroxylation is 1. The quantitative estimate of drug-likeness (QED) is 0.779. The number of benzene rings is 1. The molecule has 2 fully saturated rings. The van der Waals surface area contributed by atoms with Gasteiger partial charge in [0.05, 0.1) is 0 Å². The second kappa shape index (κ2) is 9.71. The topological polar surface area (TPSA) is 79.0 Å². The molecule has 2 atom stereocenters. The lowest BCUT2D eigenvalue weighted by Crippen LogP contribution is -2.51.